The molecule has 1 aromatic heterocycles. The van der Waals surface area contributed by atoms with Crippen LogP contribution in [-0.4, -0.2) is 50.2 Å². The number of hydrogen-bond acceptors (Lipinski definition) is 6. The maximum atomic E-state index is 13.5. The summed E-state index contributed by atoms with van der Waals surface area (Å²) < 4.78 is 51.1. The molecule has 1 aliphatic carbocycles. The molecule has 1 aliphatic heterocycles. The van der Waals surface area contributed by atoms with Gasteiger partial charge in [-0.3, -0.25) is 4.79 Å². The number of furan rings is 1. The van der Waals surface area contributed by atoms with Crippen molar-refractivity contribution in [2.24, 2.45) is 5.73 Å². The zero-order valence-corrected chi connectivity index (χ0v) is 19.8. The van der Waals surface area contributed by atoms with Crippen molar-refractivity contribution in [2.75, 3.05) is 19.4 Å². The third-order valence-electron chi connectivity index (χ3n) is 6.33. The van der Waals surface area contributed by atoms with Crippen LogP contribution in [0.3, 0.4) is 0 Å². The fourth-order valence-corrected chi connectivity index (χ4v) is 5.23. The Kier molecular flexibility index (Phi) is 6.04. The van der Waals surface area contributed by atoms with Crippen LogP contribution in [0.25, 0.3) is 22.3 Å². The van der Waals surface area contributed by atoms with Gasteiger partial charge in [-0.05, 0) is 71.9 Å². The van der Waals surface area contributed by atoms with Crippen molar-refractivity contribution in [1.29, 1.82) is 0 Å². The Morgan fingerprint density at radius 2 is 1.94 bits per heavy atom. The van der Waals surface area contributed by atoms with Crippen molar-refractivity contribution in [3.63, 3.8) is 0 Å². The summed E-state index contributed by atoms with van der Waals surface area (Å²) in [5.41, 5.74) is 9.20. The molecule has 0 saturated heterocycles. The minimum Gasteiger partial charge on any atom is -0.455 e. The van der Waals surface area contributed by atoms with E-state index in [2.05, 4.69) is 0 Å². The van der Waals surface area contributed by atoms with E-state index in [1.54, 1.807) is 6.07 Å². The molecule has 2 aromatic carbocycles. The highest BCUT2D eigenvalue weighted by Crippen LogP contribution is 2.45. The van der Waals surface area contributed by atoms with Crippen molar-refractivity contribution in [3.05, 3.63) is 70.5 Å². The largest absolute Gasteiger partial charge is 0.483 e. The highest BCUT2D eigenvalue weighted by atomic mass is 32.2. The second kappa shape index (κ2) is 8.91. The van der Waals surface area contributed by atoms with Crippen molar-refractivity contribution in [3.8, 4) is 11.3 Å². The van der Waals surface area contributed by atoms with E-state index < -0.39 is 28.9 Å². The molecule has 1 fully saturated rings. The highest BCUT2D eigenvalue weighted by Gasteiger charge is 2.31. The van der Waals surface area contributed by atoms with Gasteiger partial charge in [0, 0.05) is 24.0 Å². The number of amides is 1. The summed E-state index contributed by atoms with van der Waals surface area (Å²) in [7, 11) is -4.63. The fourth-order valence-electron chi connectivity index (χ4n) is 4.46. The number of nitrogens with zero attached hydrogens (tertiary/aromatic N) is 1. The van der Waals surface area contributed by atoms with E-state index in [4.69, 9.17) is 14.8 Å². The van der Waals surface area contributed by atoms with E-state index in [1.807, 2.05) is 6.07 Å². The van der Waals surface area contributed by atoms with Crippen LogP contribution in [0.4, 0.5) is 4.39 Å². The molecule has 8 nitrogen and oxygen atoms in total. The van der Waals surface area contributed by atoms with Crippen molar-refractivity contribution in [2.45, 2.75) is 25.3 Å². The molecule has 0 bridgehead atoms. The molecule has 0 spiro atoms. The third kappa shape index (κ3) is 4.90. The van der Waals surface area contributed by atoms with E-state index in [-0.39, 0.29) is 36.9 Å². The van der Waals surface area contributed by atoms with Crippen LogP contribution in [0, 0.1) is 5.82 Å². The van der Waals surface area contributed by atoms with Gasteiger partial charge < -0.3 is 19.8 Å². The number of halogens is 1. The Hall–Kier alpha value is -2.99. The molecule has 2 aliphatic rings. The molecule has 0 unspecified atom stereocenters. The van der Waals surface area contributed by atoms with Crippen LogP contribution in [0.15, 0.2) is 52.4 Å². The van der Waals surface area contributed by atoms with Crippen LogP contribution < -0.4 is 5.73 Å². The van der Waals surface area contributed by atoms with Gasteiger partial charge in [-0.1, -0.05) is 5.98 Å². The quantitative estimate of drug-likeness (QED) is 0.461. The minimum absolute atomic E-state index is 0.0869. The Labute approximate surface area is 202 Å². The lowest BCUT2D eigenvalue weighted by atomic mass is 9.91. The number of sulfonamides is 1. The maximum absolute atomic E-state index is 13.5. The first-order valence-corrected chi connectivity index (χ1v) is 13.0. The molecule has 5 rings (SSSR count). The topological polar surface area (TPSA) is 123 Å². The van der Waals surface area contributed by atoms with E-state index in [1.165, 1.54) is 34.5 Å². The zero-order valence-electron chi connectivity index (χ0n) is 19.0. The molecule has 35 heavy (non-hydrogen) atoms. The molecule has 0 radical (unpaired) electrons. The molecule has 1 amide bonds. The van der Waals surface area contributed by atoms with Crippen LogP contribution in [0.2, 0.25) is 0 Å². The number of nitrogens with two attached hydrogens (primary N) is 1. The minimum atomic E-state index is -3.59. The Bertz CT molecular complexity index is 1450. The Morgan fingerprint density at radius 1 is 1.23 bits per heavy atom. The van der Waals surface area contributed by atoms with Gasteiger partial charge in [0.25, 0.3) is 5.91 Å². The molecule has 11 heteroatoms. The monoisotopic (exact) mass is 498 g/mol. The predicted octanol–water partition coefficient (Wildman–Crippen LogP) is 2.95. The molecular weight excluding hydrogens is 474 g/mol. The Balaban J connectivity index is 1.60. The van der Waals surface area contributed by atoms with Gasteiger partial charge in [-0.2, -0.15) is 4.31 Å². The lowest BCUT2D eigenvalue weighted by Gasteiger charge is -2.22. The molecule has 182 valence electrons. The smallest absolute Gasteiger partial charge is 0.455 e. The zero-order chi connectivity index (χ0) is 24.9. The molecule has 3 aromatic rings. The summed E-state index contributed by atoms with van der Waals surface area (Å²) in [6, 6.07) is 9.20. The number of carbonyl (C=O) groups is 1. The van der Waals surface area contributed by atoms with E-state index >= 15 is 0 Å². The molecular formula is C24H24BFN2O6S. The average Bonchev–Trinajstić information content (AvgIpc) is 3.44. The lowest BCUT2D eigenvalue weighted by molar-refractivity contribution is 0.100. The SMILES string of the molecule is CS(=O)(=O)N(CC1=CB(O)OC1)Cc1cc2oc(-c3ccc(F)cc3)c(C(N)=O)c2cc1C1CC1. The van der Waals surface area contributed by atoms with Gasteiger partial charge in [0.2, 0.25) is 10.0 Å². The van der Waals surface area contributed by atoms with Gasteiger partial charge in [-0.15, -0.1) is 0 Å². The maximum Gasteiger partial charge on any atom is 0.483 e. The van der Waals surface area contributed by atoms with Crippen LogP contribution in [-0.2, 0) is 21.2 Å². The molecule has 2 heterocycles. The normalized spacial score (nSPS) is 16.3. The summed E-state index contributed by atoms with van der Waals surface area (Å²) >= 11 is 0. The van der Waals surface area contributed by atoms with Gasteiger partial charge in [0.15, 0.2) is 0 Å². The summed E-state index contributed by atoms with van der Waals surface area (Å²) in [5, 5.41) is 10.1. The Morgan fingerprint density at radius 3 is 2.51 bits per heavy atom. The lowest BCUT2D eigenvalue weighted by Crippen LogP contribution is -2.32. The number of carbonyl (C=O) groups excluding carboxylic acids is 1. The van der Waals surface area contributed by atoms with Gasteiger partial charge in [0.1, 0.15) is 17.2 Å². The second-order valence-electron chi connectivity index (χ2n) is 9.06. The van der Waals surface area contributed by atoms with Crippen molar-refractivity contribution in [1.82, 2.24) is 4.31 Å². The van der Waals surface area contributed by atoms with Gasteiger partial charge in [-0.25, -0.2) is 12.8 Å². The second-order valence-corrected chi connectivity index (χ2v) is 11.0. The van der Waals surface area contributed by atoms with Crippen molar-refractivity contribution < 1.29 is 31.7 Å². The summed E-state index contributed by atoms with van der Waals surface area (Å²) in [4.78, 5) is 12.4. The average molecular weight is 498 g/mol. The third-order valence-corrected chi connectivity index (χ3v) is 7.53. The summed E-state index contributed by atoms with van der Waals surface area (Å²) in [5.74, 6) is 0.913. The summed E-state index contributed by atoms with van der Waals surface area (Å²) in [6.45, 7) is 0.332. The number of primary amides is 1. The predicted molar refractivity (Wildman–Crippen MR) is 129 cm³/mol. The first-order chi connectivity index (χ1) is 16.6. The number of benzene rings is 2. The first kappa shape index (κ1) is 23.7. The first-order valence-electron chi connectivity index (χ1n) is 11.2. The highest BCUT2D eigenvalue weighted by molar-refractivity contribution is 7.88. The van der Waals surface area contributed by atoms with E-state index in [0.717, 1.165) is 30.2 Å². The number of hydrogen-bond donors (Lipinski definition) is 2. The summed E-state index contributed by atoms with van der Waals surface area (Å²) in [6.07, 6.45) is 3.05. The van der Waals surface area contributed by atoms with Gasteiger partial charge in [0.05, 0.1) is 18.4 Å². The number of rotatable bonds is 8. The fraction of sp³-hybridized carbons (Fsp3) is 0.292. The number of fused-ring (bicyclic) bond motifs is 1. The molecule has 1 saturated carbocycles. The molecule has 3 N–H and O–H groups in total. The van der Waals surface area contributed by atoms with E-state index in [0.29, 0.717) is 22.1 Å². The van der Waals surface area contributed by atoms with E-state index in [9.17, 15) is 22.6 Å². The standard InChI is InChI=1S/C24H24BFN2O6S/c1-35(31,32)28(11-14-10-25(30)33-13-14)12-17-8-21-20(9-19(17)15-2-3-15)22(24(27)29)23(34-21)16-4-6-18(26)7-5-16/h4-10,15,30H,2-3,11-13H2,1H3,(H2,27,29). The van der Waals surface area contributed by atoms with Crippen molar-refractivity contribution >= 4 is 34.0 Å². The van der Waals surface area contributed by atoms with Gasteiger partial charge >= 0.3 is 7.12 Å². The van der Waals surface area contributed by atoms with Crippen LogP contribution in [0.1, 0.15) is 40.2 Å². The molecule has 0 atom stereocenters. The van der Waals surface area contributed by atoms with Crippen LogP contribution >= 0.6 is 0 Å². The van der Waals surface area contributed by atoms with Crippen LogP contribution in [0.5, 0.6) is 0 Å².